The third-order valence-electron chi connectivity index (χ3n) is 7.96. The molecule has 3 aromatic rings. The Hall–Kier alpha value is -4.72. The molecule has 14 heteroatoms. The Balaban J connectivity index is 1.56. The first-order valence-electron chi connectivity index (χ1n) is 15.8. The summed E-state index contributed by atoms with van der Waals surface area (Å²) in [5, 5.41) is 16.0. The number of anilines is 3. The number of nitrogens with one attached hydrogen (secondary N) is 2. The summed E-state index contributed by atoms with van der Waals surface area (Å²) < 4.78 is 38.8. The number of amides is 3. The maximum absolute atomic E-state index is 16.6. The Kier molecular flexibility index (Phi) is 9.17. The number of hydrogen-bond acceptors (Lipinski definition) is 10. The van der Waals surface area contributed by atoms with Gasteiger partial charge in [-0.1, -0.05) is 6.92 Å². The summed E-state index contributed by atoms with van der Waals surface area (Å²) in [5.74, 6) is -0.489. The lowest BCUT2D eigenvalue weighted by Crippen LogP contribution is -2.48. The molecule has 1 aliphatic carbocycles. The lowest BCUT2D eigenvalue weighted by molar-refractivity contribution is -0.115. The average molecular weight is 668 g/mol. The highest BCUT2D eigenvalue weighted by molar-refractivity contribution is 6.05. The lowest BCUT2D eigenvalue weighted by atomic mass is 9.76. The smallest absolute Gasteiger partial charge is 0.415 e. The Morgan fingerprint density at radius 1 is 1.02 bits per heavy atom. The van der Waals surface area contributed by atoms with E-state index in [1.165, 1.54) is 29.4 Å². The van der Waals surface area contributed by atoms with Crippen LogP contribution in [0, 0.1) is 12.7 Å². The molecule has 1 aliphatic heterocycles. The summed E-state index contributed by atoms with van der Waals surface area (Å²) in [6.45, 7) is 14.3. The topological polar surface area (TPSA) is 161 Å². The molecule has 2 aliphatic rings. The number of aliphatic hydroxyl groups is 1. The molecule has 0 saturated heterocycles. The molecule has 3 amide bonds. The number of aromatic nitrogens is 2. The first kappa shape index (κ1) is 34.6. The fourth-order valence-electron chi connectivity index (χ4n) is 5.62. The van der Waals surface area contributed by atoms with Gasteiger partial charge in [-0.3, -0.25) is 15.5 Å². The number of rotatable bonds is 5. The van der Waals surface area contributed by atoms with Gasteiger partial charge in [0.25, 0.3) is 0 Å². The molecule has 0 spiro atoms. The number of carbonyl (C=O) groups excluding carboxylic acids is 3. The highest BCUT2D eigenvalue weighted by atomic mass is 19.1. The second-order valence-corrected chi connectivity index (χ2v) is 14.1. The standard InChI is InChI=1S/C34H42FN5O8/c1-9-34(44)14-20(15-34)46-29(41)38-24-13-19-12-21(25(35)26(23(19)17-36-24)39-30(42)47-32(3,4)5)22-16-37-28-27(18(22)2)40(10-11-45-28)31(43)48-33(6,7)8/h12-13,16-17,20,44H,9-11,14-15H2,1-8H3,(H,39,42)(H,36,38,41). The van der Waals surface area contributed by atoms with Crippen LogP contribution in [0.2, 0.25) is 0 Å². The van der Waals surface area contributed by atoms with Gasteiger partial charge in [-0.05, 0) is 78.0 Å². The van der Waals surface area contributed by atoms with Crippen LogP contribution in [0.4, 0.5) is 36.0 Å². The number of pyridine rings is 2. The first-order valence-corrected chi connectivity index (χ1v) is 15.8. The second kappa shape index (κ2) is 12.7. The van der Waals surface area contributed by atoms with E-state index < -0.39 is 47.0 Å². The summed E-state index contributed by atoms with van der Waals surface area (Å²) in [5.41, 5.74) is -1.47. The van der Waals surface area contributed by atoms with Crippen molar-refractivity contribution in [2.24, 2.45) is 0 Å². The van der Waals surface area contributed by atoms with Crippen LogP contribution in [-0.4, -0.2) is 69.4 Å². The van der Waals surface area contributed by atoms with Crippen molar-refractivity contribution in [3.05, 3.63) is 35.9 Å². The van der Waals surface area contributed by atoms with E-state index in [4.69, 9.17) is 18.9 Å². The molecule has 1 aromatic carbocycles. The number of benzene rings is 1. The van der Waals surface area contributed by atoms with Crippen LogP contribution in [0.25, 0.3) is 21.9 Å². The van der Waals surface area contributed by atoms with E-state index >= 15 is 4.39 Å². The van der Waals surface area contributed by atoms with Crippen LogP contribution < -0.4 is 20.3 Å². The highest BCUT2D eigenvalue weighted by Crippen LogP contribution is 2.43. The zero-order valence-corrected chi connectivity index (χ0v) is 28.4. The highest BCUT2D eigenvalue weighted by Gasteiger charge is 2.43. The third-order valence-corrected chi connectivity index (χ3v) is 7.96. The number of fused-ring (bicyclic) bond motifs is 2. The quantitative estimate of drug-likeness (QED) is 0.240. The molecule has 0 atom stereocenters. The first-order chi connectivity index (χ1) is 22.4. The largest absolute Gasteiger partial charge is 0.474 e. The van der Waals surface area contributed by atoms with E-state index in [-0.39, 0.29) is 41.5 Å². The zero-order chi connectivity index (χ0) is 35.2. The van der Waals surface area contributed by atoms with Gasteiger partial charge in [0, 0.05) is 41.7 Å². The minimum atomic E-state index is -0.886. The van der Waals surface area contributed by atoms with Gasteiger partial charge < -0.3 is 24.1 Å². The van der Waals surface area contributed by atoms with Gasteiger partial charge in [0.15, 0.2) is 5.82 Å². The number of ether oxygens (including phenoxy) is 4. The Bertz CT molecular complexity index is 1760. The van der Waals surface area contributed by atoms with Crippen molar-refractivity contribution in [2.75, 3.05) is 28.7 Å². The molecule has 2 aromatic heterocycles. The van der Waals surface area contributed by atoms with Gasteiger partial charge in [0.2, 0.25) is 5.88 Å². The summed E-state index contributed by atoms with van der Waals surface area (Å²) in [6.07, 6.45) is 1.33. The van der Waals surface area contributed by atoms with Gasteiger partial charge in [0.05, 0.1) is 17.8 Å². The fourth-order valence-corrected chi connectivity index (χ4v) is 5.62. The van der Waals surface area contributed by atoms with Gasteiger partial charge >= 0.3 is 18.3 Å². The van der Waals surface area contributed by atoms with Crippen LogP contribution in [-0.2, 0) is 14.2 Å². The molecule has 1 saturated carbocycles. The molecule has 3 heterocycles. The SMILES string of the molecule is CCC1(O)CC(OC(=O)Nc2cc3cc(-c4cnc5c(c4C)N(C(=O)OC(C)(C)C)CCO5)c(F)c(NC(=O)OC(C)(C)C)c3cn2)C1. The van der Waals surface area contributed by atoms with Crippen molar-refractivity contribution in [3.8, 4) is 17.0 Å². The minimum absolute atomic E-state index is 0.0455. The summed E-state index contributed by atoms with van der Waals surface area (Å²) >= 11 is 0. The van der Waals surface area contributed by atoms with Crippen LogP contribution in [0.1, 0.15) is 73.3 Å². The molecule has 13 nitrogen and oxygen atoms in total. The molecular weight excluding hydrogens is 625 g/mol. The summed E-state index contributed by atoms with van der Waals surface area (Å²) in [6, 6.07) is 3.05. The molecular formula is C34H42FN5O8. The van der Waals surface area contributed by atoms with Crippen molar-refractivity contribution in [1.29, 1.82) is 0 Å². The maximum Gasteiger partial charge on any atom is 0.415 e. The molecule has 258 valence electrons. The van der Waals surface area contributed by atoms with Crippen LogP contribution >= 0.6 is 0 Å². The average Bonchev–Trinajstić information content (AvgIpc) is 2.96. The predicted octanol–water partition coefficient (Wildman–Crippen LogP) is 7.08. The van der Waals surface area contributed by atoms with Gasteiger partial charge in [0.1, 0.15) is 35.4 Å². The number of hydrogen-bond donors (Lipinski definition) is 3. The molecule has 0 bridgehead atoms. The molecule has 3 N–H and O–H groups in total. The maximum atomic E-state index is 16.6. The van der Waals surface area contributed by atoms with Gasteiger partial charge in [-0.25, -0.2) is 28.7 Å². The molecule has 48 heavy (non-hydrogen) atoms. The number of halogens is 1. The van der Waals surface area contributed by atoms with Crippen molar-refractivity contribution in [2.45, 2.75) is 97.6 Å². The van der Waals surface area contributed by atoms with Gasteiger partial charge in [-0.2, -0.15) is 0 Å². The third kappa shape index (κ3) is 7.53. The molecule has 5 rings (SSSR count). The van der Waals surface area contributed by atoms with E-state index in [1.54, 1.807) is 48.5 Å². The van der Waals surface area contributed by atoms with Crippen molar-refractivity contribution >= 4 is 46.2 Å². The zero-order valence-electron chi connectivity index (χ0n) is 28.4. The number of carbonyl (C=O) groups is 3. The second-order valence-electron chi connectivity index (χ2n) is 14.1. The summed E-state index contributed by atoms with van der Waals surface area (Å²) in [4.78, 5) is 48.8. The van der Waals surface area contributed by atoms with Gasteiger partial charge in [-0.15, -0.1) is 0 Å². The Morgan fingerprint density at radius 2 is 1.71 bits per heavy atom. The normalized spacial score (nSPS) is 19.0. The van der Waals surface area contributed by atoms with Crippen molar-refractivity contribution < 1.29 is 42.8 Å². The van der Waals surface area contributed by atoms with Crippen molar-refractivity contribution in [1.82, 2.24) is 9.97 Å². The molecule has 0 unspecified atom stereocenters. The van der Waals surface area contributed by atoms with Crippen LogP contribution in [0.3, 0.4) is 0 Å². The number of nitrogens with zero attached hydrogens (tertiary/aromatic N) is 3. The van der Waals surface area contributed by atoms with Crippen molar-refractivity contribution in [3.63, 3.8) is 0 Å². The Morgan fingerprint density at radius 3 is 2.35 bits per heavy atom. The van der Waals surface area contributed by atoms with Crippen LogP contribution in [0.15, 0.2) is 24.5 Å². The Labute approximate surface area is 278 Å². The van der Waals surface area contributed by atoms with E-state index in [1.807, 2.05) is 6.92 Å². The monoisotopic (exact) mass is 667 g/mol. The van der Waals surface area contributed by atoms with E-state index in [2.05, 4.69) is 20.6 Å². The summed E-state index contributed by atoms with van der Waals surface area (Å²) in [7, 11) is 0. The van der Waals surface area contributed by atoms with E-state index in [9.17, 15) is 19.5 Å². The molecule has 1 fully saturated rings. The van der Waals surface area contributed by atoms with Crippen LogP contribution in [0.5, 0.6) is 5.88 Å². The fraction of sp³-hybridized carbons (Fsp3) is 0.500. The van der Waals surface area contributed by atoms with E-state index in [0.29, 0.717) is 41.5 Å². The minimum Gasteiger partial charge on any atom is -0.474 e. The lowest BCUT2D eigenvalue weighted by Gasteiger charge is -2.42. The predicted molar refractivity (Wildman–Crippen MR) is 177 cm³/mol. The van der Waals surface area contributed by atoms with E-state index in [0.717, 1.165) is 0 Å². The molecule has 0 radical (unpaired) electrons.